The zero-order valence-corrected chi connectivity index (χ0v) is 22.2. The van der Waals surface area contributed by atoms with Crippen LogP contribution < -0.4 is 11.0 Å². The molecule has 0 radical (unpaired) electrons. The summed E-state index contributed by atoms with van der Waals surface area (Å²) >= 11 is 0. The number of hydrogen-bond acceptors (Lipinski definition) is 4. The van der Waals surface area contributed by atoms with Crippen LogP contribution in [-0.4, -0.2) is 21.2 Å². The van der Waals surface area contributed by atoms with Gasteiger partial charge in [0.25, 0.3) is 0 Å². The highest BCUT2D eigenvalue weighted by atomic mass is 16.1. The van der Waals surface area contributed by atoms with Crippen molar-refractivity contribution >= 4 is 33.2 Å². The molecule has 0 atom stereocenters. The molecular formula is C32H31N5O. The molecular weight excluding hydrogens is 470 g/mol. The molecule has 1 N–H and O–H groups in total. The Morgan fingerprint density at radius 2 is 2.00 bits per heavy atom. The zero-order chi connectivity index (χ0) is 26.9. The number of aryl methyl sites for hydroxylation is 1. The SMILES string of the molecule is CN/C=C(\C=C1\C=CC=CC1)c1ccc2ncc3c(c2c1)n(C1=CC=C(C(C)(C)C#N)C=CC1)c(=O)n3C. The topological polar surface area (TPSA) is 75.6 Å². The smallest absolute Gasteiger partial charge is 0.333 e. The van der Waals surface area contributed by atoms with E-state index in [0.717, 1.165) is 50.8 Å². The Hall–Kier alpha value is -4.63. The van der Waals surface area contributed by atoms with Crippen LogP contribution in [0.25, 0.3) is 33.2 Å². The van der Waals surface area contributed by atoms with Crippen molar-refractivity contribution in [2.75, 3.05) is 7.05 Å². The number of nitriles is 1. The first kappa shape index (κ1) is 25.0. The minimum absolute atomic E-state index is 0.122. The second kappa shape index (κ2) is 10.0. The number of imidazole rings is 1. The van der Waals surface area contributed by atoms with Gasteiger partial charge < -0.3 is 5.32 Å². The molecule has 0 amide bonds. The third kappa shape index (κ3) is 4.48. The summed E-state index contributed by atoms with van der Waals surface area (Å²) in [6.45, 7) is 3.80. The van der Waals surface area contributed by atoms with E-state index >= 15 is 0 Å². The molecule has 0 spiro atoms. The number of rotatable bonds is 5. The Kier molecular flexibility index (Phi) is 6.61. The lowest BCUT2D eigenvalue weighted by Gasteiger charge is -2.15. The highest BCUT2D eigenvalue weighted by molar-refractivity contribution is 6.05. The van der Waals surface area contributed by atoms with Gasteiger partial charge in [0.2, 0.25) is 0 Å². The maximum absolute atomic E-state index is 13.6. The minimum atomic E-state index is -0.619. The van der Waals surface area contributed by atoms with E-state index in [-0.39, 0.29) is 5.69 Å². The van der Waals surface area contributed by atoms with E-state index in [1.165, 1.54) is 5.57 Å². The van der Waals surface area contributed by atoms with Crippen molar-refractivity contribution in [2.24, 2.45) is 12.5 Å². The molecule has 0 unspecified atom stereocenters. The molecule has 2 aliphatic rings. The van der Waals surface area contributed by atoms with Gasteiger partial charge in [0.1, 0.15) is 0 Å². The highest BCUT2D eigenvalue weighted by Gasteiger charge is 2.22. The van der Waals surface area contributed by atoms with Crippen LogP contribution in [0.1, 0.15) is 32.3 Å². The molecule has 2 aromatic heterocycles. The summed E-state index contributed by atoms with van der Waals surface area (Å²) in [4.78, 5) is 18.3. The summed E-state index contributed by atoms with van der Waals surface area (Å²) in [5.41, 5.74) is 6.76. The molecule has 38 heavy (non-hydrogen) atoms. The number of allylic oxidation sites excluding steroid dienone is 13. The first-order valence-electron chi connectivity index (χ1n) is 12.8. The van der Waals surface area contributed by atoms with Crippen molar-refractivity contribution in [2.45, 2.75) is 26.7 Å². The average molecular weight is 502 g/mol. The lowest BCUT2D eigenvalue weighted by Crippen LogP contribution is -2.21. The van der Waals surface area contributed by atoms with Crippen LogP contribution in [0.15, 0.2) is 101 Å². The van der Waals surface area contributed by atoms with Crippen molar-refractivity contribution in [1.29, 1.82) is 5.26 Å². The fourth-order valence-corrected chi connectivity index (χ4v) is 4.91. The lowest BCUT2D eigenvalue weighted by atomic mass is 9.85. The predicted molar refractivity (Wildman–Crippen MR) is 156 cm³/mol. The Morgan fingerprint density at radius 1 is 1.16 bits per heavy atom. The second-order valence-electron chi connectivity index (χ2n) is 10.1. The molecule has 0 aliphatic heterocycles. The van der Waals surface area contributed by atoms with Gasteiger partial charge in [-0.3, -0.25) is 14.1 Å². The first-order chi connectivity index (χ1) is 18.3. The zero-order valence-electron chi connectivity index (χ0n) is 22.2. The second-order valence-corrected chi connectivity index (χ2v) is 10.1. The summed E-state index contributed by atoms with van der Waals surface area (Å²) in [7, 11) is 3.68. The highest BCUT2D eigenvalue weighted by Crippen LogP contribution is 2.32. The van der Waals surface area contributed by atoms with Crippen LogP contribution in [0.2, 0.25) is 0 Å². The standard InChI is InChI=1S/C32H31N5O/c1-32(2,21-33)25-11-8-12-26(15-14-25)37-30-27-18-23(24(19-34-3)17-22-9-6-5-7-10-22)13-16-28(27)35-20-29(30)36(4)31(37)38/h5-9,11,13-20,34H,10,12H2,1-4H3/b22-17-,24-19+. The van der Waals surface area contributed by atoms with Crippen molar-refractivity contribution in [1.82, 2.24) is 19.4 Å². The number of pyridine rings is 1. The quantitative estimate of drug-likeness (QED) is 0.454. The largest absolute Gasteiger partial charge is 0.393 e. The van der Waals surface area contributed by atoms with Crippen molar-refractivity contribution < 1.29 is 0 Å². The first-order valence-corrected chi connectivity index (χ1v) is 12.8. The van der Waals surface area contributed by atoms with Crippen LogP contribution in [0.3, 0.4) is 0 Å². The van der Waals surface area contributed by atoms with Gasteiger partial charge in [0.05, 0.1) is 34.2 Å². The van der Waals surface area contributed by atoms with Crippen LogP contribution >= 0.6 is 0 Å². The molecule has 0 saturated heterocycles. The van der Waals surface area contributed by atoms with Crippen LogP contribution in [0.5, 0.6) is 0 Å². The number of nitrogens with one attached hydrogen (secondary N) is 1. The van der Waals surface area contributed by atoms with Gasteiger partial charge in [-0.2, -0.15) is 5.26 Å². The monoisotopic (exact) mass is 501 g/mol. The molecule has 2 heterocycles. The molecule has 0 bridgehead atoms. The molecule has 1 aromatic carbocycles. The van der Waals surface area contributed by atoms with Gasteiger partial charge in [-0.15, -0.1) is 0 Å². The van der Waals surface area contributed by atoms with Gasteiger partial charge in [-0.25, -0.2) is 4.79 Å². The third-order valence-corrected chi connectivity index (χ3v) is 7.14. The molecule has 3 aromatic rings. The van der Waals surface area contributed by atoms with Crippen LogP contribution in [0, 0.1) is 16.7 Å². The van der Waals surface area contributed by atoms with Crippen molar-refractivity contribution in [3.05, 3.63) is 112 Å². The maximum atomic E-state index is 13.6. The normalized spacial score (nSPS) is 17.0. The molecule has 6 nitrogen and oxygen atoms in total. The van der Waals surface area contributed by atoms with Crippen LogP contribution in [-0.2, 0) is 7.05 Å². The van der Waals surface area contributed by atoms with E-state index in [9.17, 15) is 10.1 Å². The van der Waals surface area contributed by atoms with E-state index in [0.29, 0.717) is 6.42 Å². The summed E-state index contributed by atoms with van der Waals surface area (Å²) in [6, 6.07) is 8.57. The number of fused-ring (bicyclic) bond motifs is 3. The summed E-state index contributed by atoms with van der Waals surface area (Å²) in [6.07, 6.45) is 23.7. The number of hydrogen-bond donors (Lipinski definition) is 1. The van der Waals surface area contributed by atoms with Crippen molar-refractivity contribution in [3.63, 3.8) is 0 Å². The third-order valence-electron chi connectivity index (χ3n) is 7.14. The predicted octanol–water partition coefficient (Wildman–Crippen LogP) is 6.17. The van der Waals surface area contributed by atoms with Crippen molar-refractivity contribution in [3.8, 4) is 6.07 Å². The van der Waals surface area contributed by atoms with E-state index in [2.05, 4.69) is 58.9 Å². The molecule has 5 rings (SSSR count). The van der Waals surface area contributed by atoms with E-state index in [1.807, 2.05) is 57.5 Å². The Morgan fingerprint density at radius 3 is 2.74 bits per heavy atom. The number of benzene rings is 1. The van der Waals surface area contributed by atoms with E-state index < -0.39 is 5.41 Å². The van der Waals surface area contributed by atoms with Gasteiger partial charge in [-0.05, 0) is 66.8 Å². The molecule has 0 saturated carbocycles. The molecule has 6 heteroatoms. The Balaban J connectivity index is 1.73. The minimum Gasteiger partial charge on any atom is -0.393 e. The van der Waals surface area contributed by atoms with Gasteiger partial charge >= 0.3 is 5.69 Å². The molecule has 2 aliphatic carbocycles. The molecule has 0 fully saturated rings. The molecule has 190 valence electrons. The Bertz CT molecular complexity index is 1760. The number of aromatic nitrogens is 3. The number of nitrogens with zero attached hydrogens (tertiary/aromatic N) is 4. The summed E-state index contributed by atoms with van der Waals surface area (Å²) in [5.74, 6) is 0. The summed E-state index contributed by atoms with van der Waals surface area (Å²) < 4.78 is 3.44. The average Bonchev–Trinajstić information content (AvgIpc) is 3.07. The fourth-order valence-electron chi connectivity index (χ4n) is 4.91. The van der Waals surface area contributed by atoms with E-state index in [1.54, 1.807) is 22.4 Å². The van der Waals surface area contributed by atoms with E-state index in [4.69, 9.17) is 0 Å². The van der Waals surface area contributed by atoms with Crippen LogP contribution in [0.4, 0.5) is 0 Å². The lowest BCUT2D eigenvalue weighted by molar-refractivity contribution is 0.613. The Labute approximate surface area is 222 Å². The van der Waals surface area contributed by atoms with Gasteiger partial charge in [-0.1, -0.05) is 48.6 Å². The maximum Gasteiger partial charge on any atom is 0.333 e. The fraction of sp³-hybridized carbons (Fsp3) is 0.219. The van der Waals surface area contributed by atoms with Gasteiger partial charge in [0, 0.05) is 37.8 Å². The van der Waals surface area contributed by atoms with Gasteiger partial charge in [0.15, 0.2) is 0 Å². The summed E-state index contributed by atoms with van der Waals surface area (Å²) in [5, 5.41) is 13.7.